The molecule has 3 atom stereocenters. The first-order chi connectivity index (χ1) is 15.3. The number of benzene rings is 2. The fourth-order valence-electron chi connectivity index (χ4n) is 5.25. The molecule has 170 valence electrons. The Morgan fingerprint density at radius 1 is 1.06 bits per heavy atom. The second-order valence-corrected chi connectivity index (χ2v) is 9.10. The number of nitrogens with one attached hydrogen (secondary N) is 1. The molecular weight excluding hydrogens is 409 g/mol. The predicted molar refractivity (Wildman–Crippen MR) is 120 cm³/mol. The van der Waals surface area contributed by atoms with E-state index in [9.17, 15) is 19.1 Å². The number of hydrogen-bond donors (Lipinski definition) is 2. The minimum Gasteiger partial charge on any atom is -0.465 e. The highest BCUT2D eigenvalue weighted by atomic mass is 19.1. The van der Waals surface area contributed by atoms with Gasteiger partial charge in [-0.05, 0) is 60.9 Å². The zero-order valence-electron chi connectivity index (χ0n) is 18.6. The van der Waals surface area contributed by atoms with E-state index >= 15 is 0 Å². The molecule has 6 nitrogen and oxygen atoms in total. The highest BCUT2D eigenvalue weighted by molar-refractivity contribution is 5.97. The van der Waals surface area contributed by atoms with Crippen LogP contribution in [0.3, 0.4) is 0 Å². The van der Waals surface area contributed by atoms with Crippen LogP contribution in [0.5, 0.6) is 0 Å². The Hall–Kier alpha value is -2.93. The third-order valence-electron chi connectivity index (χ3n) is 6.83. The van der Waals surface area contributed by atoms with Gasteiger partial charge in [-0.2, -0.15) is 0 Å². The molecule has 2 aliphatic rings. The molecule has 2 aromatic rings. The maximum Gasteiger partial charge on any atom is 0.405 e. The summed E-state index contributed by atoms with van der Waals surface area (Å²) in [6.45, 7) is 7.99. The summed E-state index contributed by atoms with van der Waals surface area (Å²) in [5.74, 6) is 0.620. The second-order valence-electron chi connectivity index (χ2n) is 9.10. The van der Waals surface area contributed by atoms with E-state index in [-0.39, 0.29) is 11.7 Å². The summed E-state index contributed by atoms with van der Waals surface area (Å²) in [5, 5.41) is 11.7. The monoisotopic (exact) mass is 439 g/mol. The number of halogens is 1. The van der Waals surface area contributed by atoms with E-state index in [0.717, 1.165) is 49.4 Å². The van der Waals surface area contributed by atoms with Crippen LogP contribution in [0.4, 0.5) is 9.18 Å². The van der Waals surface area contributed by atoms with E-state index < -0.39 is 12.1 Å². The van der Waals surface area contributed by atoms with E-state index in [1.54, 1.807) is 12.1 Å². The Labute approximate surface area is 188 Å². The van der Waals surface area contributed by atoms with E-state index in [2.05, 4.69) is 10.2 Å². The van der Waals surface area contributed by atoms with Crippen molar-refractivity contribution >= 4 is 12.0 Å². The minimum atomic E-state index is -1.11. The van der Waals surface area contributed by atoms with Gasteiger partial charge in [0.1, 0.15) is 5.82 Å². The molecule has 0 radical (unpaired) electrons. The molecule has 0 spiro atoms. The third-order valence-corrected chi connectivity index (χ3v) is 6.83. The topological polar surface area (TPSA) is 72.9 Å². The Morgan fingerprint density at radius 3 is 2.28 bits per heavy atom. The average Bonchev–Trinajstić information content (AvgIpc) is 3.29. The number of rotatable bonds is 6. The maximum atomic E-state index is 13.6. The van der Waals surface area contributed by atoms with Crippen LogP contribution in [-0.2, 0) is 0 Å². The van der Waals surface area contributed by atoms with Crippen LogP contribution >= 0.6 is 0 Å². The van der Waals surface area contributed by atoms with Gasteiger partial charge in [0.15, 0.2) is 0 Å². The molecule has 2 heterocycles. The lowest BCUT2D eigenvalue weighted by Gasteiger charge is -2.25. The molecule has 0 saturated carbocycles. The van der Waals surface area contributed by atoms with E-state index in [0.29, 0.717) is 23.8 Å². The van der Waals surface area contributed by atoms with Crippen molar-refractivity contribution in [1.82, 2.24) is 15.1 Å². The number of carbonyl (C=O) groups excluding carboxylic acids is 1. The van der Waals surface area contributed by atoms with Gasteiger partial charge in [-0.1, -0.05) is 30.3 Å². The van der Waals surface area contributed by atoms with Crippen LogP contribution in [0.25, 0.3) is 0 Å². The molecule has 2 aliphatic heterocycles. The van der Waals surface area contributed by atoms with Crippen LogP contribution in [0, 0.1) is 31.5 Å². The molecule has 0 aliphatic carbocycles. The molecule has 4 rings (SSSR count). The van der Waals surface area contributed by atoms with Gasteiger partial charge in [-0.3, -0.25) is 4.79 Å². The second kappa shape index (κ2) is 9.28. The van der Waals surface area contributed by atoms with Crippen molar-refractivity contribution in [1.29, 1.82) is 0 Å². The minimum absolute atomic E-state index is 0.123. The summed E-state index contributed by atoms with van der Waals surface area (Å²) in [4.78, 5) is 28.7. The summed E-state index contributed by atoms with van der Waals surface area (Å²) in [6, 6.07) is 11.6. The number of carboxylic acid groups (broad SMARTS) is 1. The fraction of sp³-hybridized carbons (Fsp3) is 0.440. The molecule has 32 heavy (non-hydrogen) atoms. The zero-order valence-corrected chi connectivity index (χ0v) is 18.6. The summed E-state index contributed by atoms with van der Waals surface area (Å²) in [6.07, 6.45) is -0.543. The molecule has 2 amide bonds. The molecule has 2 saturated heterocycles. The molecule has 0 bridgehead atoms. The Bertz CT molecular complexity index is 977. The first kappa shape index (κ1) is 22.3. The predicted octanol–water partition coefficient (Wildman–Crippen LogP) is 3.85. The van der Waals surface area contributed by atoms with Crippen LogP contribution in [0.15, 0.2) is 42.5 Å². The molecule has 2 unspecified atom stereocenters. The van der Waals surface area contributed by atoms with Crippen LogP contribution in [0.1, 0.15) is 39.5 Å². The van der Waals surface area contributed by atoms with Crippen molar-refractivity contribution in [2.75, 3.05) is 32.7 Å². The summed E-state index contributed by atoms with van der Waals surface area (Å²) < 4.78 is 13.6. The van der Waals surface area contributed by atoms with Gasteiger partial charge >= 0.3 is 6.09 Å². The van der Waals surface area contributed by atoms with Crippen molar-refractivity contribution in [2.45, 2.75) is 26.3 Å². The highest BCUT2D eigenvalue weighted by Crippen LogP contribution is 2.33. The lowest BCUT2D eigenvalue weighted by molar-refractivity contribution is 0.0772. The number of fused-ring (bicyclic) bond motifs is 1. The van der Waals surface area contributed by atoms with Crippen LogP contribution < -0.4 is 5.32 Å². The Kier molecular flexibility index (Phi) is 6.46. The van der Waals surface area contributed by atoms with Gasteiger partial charge in [-0.15, -0.1) is 0 Å². The van der Waals surface area contributed by atoms with Gasteiger partial charge in [-0.25, -0.2) is 9.18 Å². The first-order valence-corrected chi connectivity index (χ1v) is 11.1. The number of aryl methyl sites for hydroxylation is 2. The lowest BCUT2D eigenvalue weighted by atomic mass is 10.0. The quantitative estimate of drug-likeness (QED) is 0.717. The van der Waals surface area contributed by atoms with Gasteiger partial charge in [0.2, 0.25) is 0 Å². The largest absolute Gasteiger partial charge is 0.465 e. The SMILES string of the molecule is Cc1cccc(C)c1C(=O)N1CC2CN(CCC(NC(=O)O)c3cccc(F)c3)C[C@H]2C1. The van der Waals surface area contributed by atoms with Crippen molar-refractivity contribution in [3.8, 4) is 0 Å². The first-order valence-electron chi connectivity index (χ1n) is 11.1. The van der Waals surface area contributed by atoms with Gasteiger partial charge < -0.3 is 20.2 Å². The van der Waals surface area contributed by atoms with Crippen molar-refractivity contribution in [3.63, 3.8) is 0 Å². The summed E-state index contributed by atoms with van der Waals surface area (Å²) >= 11 is 0. The number of hydrogen-bond acceptors (Lipinski definition) is 3. The van der Waals surface area contributed by atoms with Crippen LogP contribution in [0.2, 0.25) is 0 Å². The summed E-state index contributed by atoms with van der Waals surface area (Å²) in [5.41, 5.74) is 3.49. The highest BCUT2D eigenvalue weighted by Gasteiger charge is 2.42. The summed E-state index contributed by atoms with van der Waals surface area (Å²) in [7, 11) is 0. The van der Waals surface area contributed by atoms with E-state index in [1.165, 1.54) is 12.1 Å². The molecular formula is C25H30FN3O3. The molecule has 2 aromatic carbocycles. The van der Waals surface area contributed by atoms with Gasteiger partial charge in [0, 0.05) is 38.3 Å². The third kappa shape index (κ3) is 4.78. The zero-order chi connectivity index (χ0) is 22.8. The standard InChI is InChI=1S/C25H30FN3O3/c1-16-5-3-6-17(2)23(16)24(30)29-14-19-12-28(13-20(19)15-29)10-9-22(27-25(31)32)18-7-4-8-21(26)11-18/h3-8,11,19-20,22,27H,9-10,12-15H2,1-2H3,(H,31,32)/t19-,20?,22?/m0/s1. The van der Waals surface area contributed by atoms with Gasteiger partial charge in [0.25, 0.3) is 5.91 Å². The average molecular weight is 440 g/mol. The number of likely N-dealkylation sites (tertiary alicyclic amines) is 2. The molecule has 2 N–H and O–H groups in total. The van der Waals surface area contributed by atoms with E-state index in [4.69, 9.17) is 0 Å². The number of amides is 2. The molecule has 0 aromatic heterocycles. The fourth-order valence-corrected chi connectivity index (χ4v) is 5.25. The number of carbonyl (C=O) groups is 2. The smallest absolute Gasteiger partial charge is 0.405 e. The van der Waals surface area contributed by atoms with Crippen molar-refractivity contribution in [3.05, 3.63) is 70.5 Å². The van der Waals surface area contributed by atoms with Crippen molar-refractivity contribution in [2.24, 2.45) is 11.8 Å². The van der Waals surface area contributed by atoms with Gasteiger partial charge in [0.05, 0.1) is 6.04 Å². The normalized spacial score (nSPS) is 21.4. The van der Waals surface area contributed by atoms with E-state index in [1.807, 2.05) is 36.9 Å². The lowest BCUT2D eigenvalue weighted by Crippen LogP contribution is -2.35. The van der Waals surface area contributed by atoms with Crippen LogP contribution in [-0.4, -0.2) is 59.6 Å². The number of nitrogens with zero attached hydrogens (tertiary/aromatic N) is 2. The Balaban J connectivity index is 1.34. The van der Waals surface area contributed by atoms with Crippen molar-refractivity contribution < 1.29 is 19.1 Å². The molecule has 7 heteroatoms. The molecule has 2 fully saturated rings. The maximum absolute atomic E-state index is 13.6. The Morgan fingerprint density at radius 2 is 1.69 bits per heavy atom.